The Bertz CT molecular complexity index is 588. The van der Waals surface area contributed by atoms with Gasteiger partial charge in [0.15, 0.2) is 5.82 Å². The number of nitrogens with one attached hydrogen (secondary N) is 1. The molecule has 5 heteroatoms. The maximum Gasteiger partial charge on any atom is 0.224 e. The van der Waals surface area contributed by atoms with Crippen molar-refractivity contribution in [3.05, 3.63) is 36.8 Å². The Morgan fingerprint density at radius 3 is 2.86 bits per heavy atom. The minimum atomic E-state index is 0.0725. The molecule has 1 aliphatic carbocycles. The van der Waals surface area contributed by atoms with Crippen molar-refractivity contribution in [1.29, 1.82) is 0 Å². The quantitative estimate of drug-likeness (QED) is 0.938. The minimum absolute atomic E-state index is 0.0725. The van der Waals surface area contributed by atoms with E-state index >= 15 is 0 Å². The Kier molecular flexibility index (Phi) is 4.28. The van der Waals surface area contributed by atoms with E-state index in [-0.39, 0.29) is 5.91 Å². The highest BCUT2D eigenvalue weighted by molar-refractivity contribution is 5.92. The standard InChI is InChI=1S/C16H20N4O/c21-15(12-13-6-2-1-3-7-13)19-14-8-4-9-17-16(14)20-11-5-10-18-20/h4-5,8-11,13H,1-3,6-7,12H2,(H,19,21). The molecule has 0 aliphatic heterocycles. The number of pyridine rings is 1. The molecule has 1 amide bonds. The Morgan fingerprint density at radius 1 is 1.24 bits per heavy atom. The van der Waals surface area contributed by atoms with Gasteiger partial charge >= 0.3 is 0 Å². The summed E-state index contributed by atoms with van der Waals surface area (Å²) in [5.74, 6) is 1.26. The van der Waals surface area contributed by atoms with Gasteiger partial charge in [-0.15, -0.1) is 0 Å². The van der Waals surface area contributed by atoms with Gasteiger partial charge in [-0.3, -0.25) is 4.79 Å². The number of aromatic nitrogens is 3. The summed E-state index contributed by atoms with van der Waals surface area (Å²) >= 11 is 0. The maximum atomic E-state index is 12.2. The molecule has 0 saturated heterocycles. The summed E-state index contributed by atoms with van der Waals surface area (Å²) in [4.78, 5) is 16.5. The van der Waals surface area contributed by atoms with Crippen molar-refractivity contribution >= 4 is 11.6 Å². The monoisotopic (exact) mass is 284 g/mol. The van der Waals surface area contributed by atoms with E-state index < -0.39 is 0 Å². The van der Waals surface area contributed by atoms with E-state index in [0.717, 1.165) is 0 Å². The zero-order valence-electron chi connectivity index (χ0n) is 12.0. The predicted molar refractivity (Wildman–Crippen MR) is 81.2 cm³/mol. The molecule has 0 radical (unpaired) electrons. The van der Waals surface area contributed by atoms with E-state index in [4.69, 9.17) is 0 Å². The molecular formula is C16H20N4O. The second-order valence-corrected chi connectivity index (χ2v) is 5.58. The normalized spacial score (nSPS) is 15.8. The first kappa shape index (κ1) is 13.8. The maximum absolute atomic E-state index is 12.2. The number of rotatable bonds is 4. The van der Waals surface area contributed by atoms with Crippen molar-refractivity contribution in [1.82, 2.24) is 14.8 Å². The Balaban J connectivity index is 1.68. The van der Waals surface area contributed by atoms with Gasteiger partial charge in [-0.1, -0.05) is 19.3 Å². The van der Waals surface area contributed by atoms with Crippen molar-refractivity contribution in [3.63, 3.8) is 0 Å². The van der Waals surface area contributed by atoms with Crippen molar-refractivity contribution in [2.45, 2.75) is 38.5 Å². The average Bonchev–Trinajstić information content (AvgIpc) is 3.03. The van der Waals surface area contributed by atoms with Crippen LogP contribution in [0.2, 0.25) is 0 Å². The summed E-state index contributed by atoms with van der Waals surface area (Å²) in [6.07, 6.45) is 12.0. The summed E-state index contributed by atoms with van der Waals surface area (Å²) in [6.45, 7) is 0. The molecule has 2 aromatic rings. The second kappa shape index (κ2) is 6.52. The third kappa shape index (κ3) is 3.48. The summed E-state index contributed by atoms with van der Waals surface area (Å²) in [5, 5.41) is 7.16. The van der Waals surface area contributed by atoms with Gasteiger partial charge in [-0.25, -0.2) is 9.67 Å². The highest BCUT2D eigenvalue weighted by atomic mass is 16.1. The van der Waals surface area contributed by atoms with E-state index in [1.165, 1.54) is 32.1 Å². The van der Waals surface area contributed by atoms with Gasteiger partial charge < -0.3 is 5.32 Å². The van der Waals surface area contributed by atoms with E-state index in [2.05, 4.69) is 15.4 Å². The van der Waals surface area contributed by atoms with Crippen molar-refractivity contribution < 1.29 is 4.79 Å². The molecule has 0 spiro atoms. The van der Waals surface area contributed by atoms with E-state index in [9.17, 15) is 4.79 Å². The fourth-order valence-corrected chi connectivity index (χ4v) is 2.93. The van der Waals surface area contributed by atoms with Crippen LogP contribution < -0.4 is 5.32 Å². The number of nitrogens with zero attached hydrogens (tertiary/aromatic N) is 3. The topological polar surface area (TPSA) is 59.8 Å². The average molecular weight is 284 g/mol. The SMILES string of the molecule is O=C(CC1CCCCC1)Nc1cccnc1-n1cccn1. The molecule has 1 N–H and O–H groups in total. The van der Waals surface area contributed by atoms with Gasteiger partial charge in [-0.05, 0) is 37.0 Å². The van der Waals surface area contributed by atoms with Crippen LogP contribution in [0.3, 0.4) is 0 Å². The smallest absolute Gasteiger partial charge is 0.224 e. The van der Waals surface area contributed by atoms with Crippen LogP contribution in [0.1, 0.15) is 38.5 Å². The Labute approximate surface area is 124 Å². The number of anilines is 1. The lowest BCUT2D eigenvalue weighted by molar-refractivity contribution is -0.117. The zero-order chi connectivity index (χ0) is 14.5. The molecule has 1 saturated carbocycles. The lowest BCUT2D eigenvalue weighted by atomic mass is 9.87. The lowest BCUT2D eigenvalue weighted by Gasteiger charge is -2.21. The number of carbonyl (C=O) groups excluding carboxylic acids is 1. The van der Waals surface area contributed by atoms with Crippen LogP contribution in [0.4, 0.5) is 5.69 Å². The molecule has 2 aromatic heterocycles. The molecule has 21 heavy (non-hydrogen) atoms. The minimum Gasteiger partial charge on any atom is -0.323 e. The molecule has 1 fully saturated rings. The second-order valence-electron chi connectivity index (χ2n) is 5.58. The fourth-order valence-electron chi connectivity index (χ4n) is 2.93. The fraction of sp³-hybridized carbons (Fsp3) is 0.438. The summed E-state index contributed by atoms with van der Waals surface area (Å²) < 4.78 is 1.66. The van der Waals surface area contributed by atoms with Gasteiger partial charge in [0.05, 0.1) is 5.69 Å². The van der Waals surface area contributed by atoms with E-state index in [0.29, 0.717) is 23.8 Å². The molecule has 3 rings (SSSR count). The Morgan fingerprint density at radius 2 is 2.10 bits per heavy atom. The van der Waals surface area contributed by atoms with Crippen LogP contribution >= 0.6 is 0 Å². The summed E-state index contributed by atoms with van der Waals surface area (Å²) in [6, 6.07) is 5.52. The largest absolute Gasteiger partial charge is 0.323 e. The third-order valence-corrected chi connectivity index (χ3v) is 3.98. The highest BCUT2D eigenvalue weighted by Gasteiger charge is 2.18. The first-order valence-electron chi connectivity index (χ1n) is 7.58. The van der Waals surface area contributed by atoms with E-state index in [1.807, 2.05) is 24.4 Å². The van der Waals surface area contributed by atoms with Gasteiger partial charge in [0.1, 0.15) is 0 Å². The summed E-state index contributed by atoms with van der Waals surface area (Å²) in [7, 11) is 0. The molecule has 1 aliphatic rings. The molecular weight excluding hydrogens is 264 g/mol. The van der Waals surface area contributed by atoms with Crippen molar-refractivity contribution in [3.8, 4) is 5.82 Å². The molecule has 0 unspecified atom stereocenters. The van der Waals surface area contributed by atoms with Crippen molar-refractivity contribution in [2.24, 2.45) is 5.92 Å². The highest BCUT2D eigenvalue weighted by Crippen LogP contribution is 2.27. The van der Waals surface area contributed by atoms with Crippen LogP contribution in [0.5, 0.6) is 0 Å². The number of carbonyl (C=O) groups is 1. The van der Waals surface area contributed by atoms with Crippen LogP contribution in [-0.2, 0) is 4.79 Å². The van der Waals surface area contributed by atoms with Gasteiger partial charge in [0.25, 0.3) is 0 Å². The van der Waals surface area contributed by atoms with Crippen LogP contribution in [0.15, 0.2) is 36.8 Å². The number of hydrogen-bond donors (Lipinski definition) is 1. The van der Waals surface area contributed by atoms with Crippen molar-refractivity contribution in [2.75, 3.05) is 5.32 Å². The molecule has 2 heterocycles. The first-order valence-corrected chi connectivity index (χ1v) is 7.58. The van der Waals surface area contributed by atoms with Gasteiger partial charge in [0, 0.05) is 25.0 Å². The predicted octanol–water partition coefficient (Wildman–Crippen LogP) is 3.18. The Hall–Kier alpha value is -2.17. The van der Waals surface area contributed by atoms with Gasteiger partial charge in [0.2, 0.25) is 5.91 Å². The molecule has 110 valence electrons. The summed E-state index contributed by atoms with van der Waals surface area (Å²) in [5.41, 5.74) is 0.710. The van der Waals surface area contributed by atoms with Crippen LogP contribution in [0.25, 0.3) is 5.82 Å². The third-order valence-electron chi connectivity index (χ3n) is 3.98. The first-order chi connectivity index (χ1) is 10.3. The van der Waals surface area contributed by atoms with Crippen LogP contribution in [-0.4, -0.2) is 20.7 Å². The number of amides is 1. The molecule has 0 atom stereocenters. The lowest BCUT2D eigenvalue weighted by Crippen LogP contribution is -2.19. The van der Waals surface area contributed by atoms with Crippen LogP contribution in [0, 0.1) is 5.92 Å². The van der Waals surface area contributed by atoms with Gasteiger partial charge in [-0.2, -0.15) is 5.10 Å². The molecule has 0 bridgehead atoms. The molecule has 5 nitrogen and oxygen atoms in total. The number of hydrogen-bond acceptors (Lipinski definition) is 3. The zero-order valence-corrected chi connectivity index (χ0v) is 12.0. The molecule has 0 aromatic carbocycles. The van der Waals surface area contributed by atoms with E-state index in [1.54, 1.807) is 17.1 Å².